The van der Waals surface area contributed by atoms with Gasteiger partial charge >= 0.3 is 5.69 Å². The molecule has 3 aromatic rings. The van der Waals surface area contributed by atoms with E-state index < -0.39 is 11.2 Å². The van der Waals surface area contributed by atoms with Gasteiger partial charge in [-0.3, -0.25) is 14.3 Å². The number of H-pyrrole nitrogens is 1. The number of likely N-dealkylation sites (N-methyl/N-ethyl adjacent to an activating group) is 1. The van der Waals surface area contributed by atoms with Crippen LogP contribution in [0.5, 0.6) is 5.75 Å². The SMILES string of the molecule is Cn1c(=O)[nH]c(=O)c2c1nc(N1CC[NH+](C)CC1)n2CCOc1ccccc1. The Morgan fingerprint density at radius 1 is 1.18 bits per heavy atom. The molecular formula is C19H25N6O3+. The number of hydrogen-bond acceptors (Lipinski definition) is 5. The van der Waals surface area contributed by atoms with Crippen molar-refractivity contribution in [2.24, 2.45) is 7.05 Å². The summed E-state index contributed by atoms with van der Waals surface area (Å²) < 4.78 is 9.09. The number of nitrogens with one attached hydrogen (secondary N) is 2. The van der Waals surface area contributed by atoms with Crippen LogP contribution in [-0.4, -0.2) is 58.9 Å². The van der Waals surface area contributed by atoms with Crippen molar-refractivity contribution in [1.82, 2.24) is 19.1 Å². The summed E-state index contributed by atoms with van der Waals surface area (Å²) in [4.78, 5) is 35.3. The molecule has 3 heterocycles. The third-order valence-electron chi connectivity index (χ3n) is 5.21. The van der Waals surface area contributed by atoms with Crippen molar-refractivity contribution in [2.75, 3.05) is 44.7 Å². The number of nitrogens with zero attached hydrogens (tertiary/aromatic N) is 4. The number of para-hydroxylation sites is 1. The Morgan fingerprint density at radius 3 is 2.61 bits per heavy atom. The lowest BCUT2D eigenvalue weighted by Gasteiger charge is -2.31. The number of imidazole rings is 1. The minimum absolute atomic E-state index is 0.393. The van der Waals surface area contributed by atoms with E-state index in [0.717, 1.165) is 31.9 Å². The van der Waals surface area contributed by atoms with E-state index in [2.05, 4.69) is 21.9 Å². The molecule has 9 nitrogen and oxygen atoms in total. The molecule has 0 amide bonds. The van der Waals surface area contributed by atoms with Crippen LogP contribution >= 0.6 is 0 Å². The summed E-state index contributed by atoms with van der Waals surface area (Å²) in [5.74, 6) is 1.49. The number of anilines is 1. The van der Waals surface area contributed by atoms with Gasteiger partial charge in [-0.25, -0.2) is 4.79 Å². The van der Waals surface area contributed by atoms with Gasteiger partial charge in [0.05, 0.1) is 39.8 Å². The van der Waals surface area contributed by atoms with Crippen molar-refractivity contribution in [3.63, 3.8) is 0 Å². The zero-order valence-electron chi connectivity index (χ0n) is 16.1. The standard InChI is InChI=1S/C19H24N6O3/c1-22-8-10-24(11-9-22)18-20-16-15(17(26)21-19(27)23(16)2)25(18)12-13-28-14-6-4-3-5-7-14/h3-7H,8-13H2,1-2H3,(H,21,26,27)/p+1. The Labute approximate surface area is 161 Å². The molecule has 2 aromatic heterocycles. The first-order valence-corrected chi connectivity index (χ1v) is 9.48. The smallest absolute Gasteiger partial charge is 0.329 e. The Balaban J connectivity index is 1.71. The Morgan fingerprint density at radius 2 is 1.89 bits per heavy atom. The van der Waals surface area contributed by atoms with Gasteiger partial charge in [-0.15, -0.1) is 0 Å². The first kappa shape index (κ1) is 18.3. The fourth-order valence-electron chi connectivity index (χ4n) is 3.54. The minimum atomic E-state index is -0.461. The third-order valence-corrected chi connectivity index (χ3v) is 5.21. The van der Waals surface area contributed by atoms with Crippen molar-refractivity contribution in [1.29, 1.82) is 0 Å². The maximum Gasteiger partial charge on any atom is 0.329 e. The summed E-state index contributed by atoms with van der Waals surface area (Å²) >= 11 is 0. The molecule has 9 heteroatoms. The maximum absolute atomic E-state index is 12.6. The molecule has 0 saturated carbocycles. The first-order chi connectivity index (χ1) is 13.5. The molecule has 28 heavy (non-hydrogen) atoms. The van der Waals surface area contributed by atoms with E-state index in [4.69, 9.17) is 4.74 Å². The van der Waals surface area contributed by atoms with Gasteiger partial charge in [-0.05, 0) is 12.1 Å². The topological polar surface area (TPSA) is 89.6 Å². The van der Waals surface area contributed by atoms with Crippen LogP contribution in [0.1, 0.15) is 0 Å². The molecule has 0 unspecified atom stereocenters. The zero-order valence-corrected chi connectivity index (χ0v) is 16.1. The van der Waals surface area contributed by atoms with Crippen molar-refractivity contribution >= 4 is 17.1 Å². The second-order valence-electron chi connectivity index (χ2n) is 7.16. The molecule has 1 saturated heterocycles. The molecule has 1 fully saturated rings. The Kier molecular flexibility index (Phi) is 4.91. The molecule has 0 bridgehead atoms. The first-order valence-electron chi connectivity index (χ1n) is 9.48. The summed E-state index contributed by atoms with van der Waals surface area (Å²) in [5, 5.41) is 0. The Bertz CT molecular complexity index is 1080. The lowest BCUT2D eigenvalue weighted by molar-refractivity contribution is -0.880. The molecule has 0 spiro atoms. The van der Waals surface area contributed by atoms with E-state index in [1.165, 1.54) is 9.47 Å². The molecule has 1 aliphatic heterocycles. The third kappa shape index (κ3) is 3.40. The van der Waals surface area contributed by atoms with Crippen molar-refractivity contribution in [3.8, 4) is 5.75 Å². The molecule has 2 N–H and O–H groups in total. The van der Waals surface area contributed by atoms with E-state index in [1.807, 2.05) is 34.9 Å². The highest BCUT2D eigenvalue weighted by Crippen LogP contribution is 2.20. The lowest BCUT2D eigenvalue weighted by atomic mass is 10.3. The second kappa shape index (κ2) is 7.51. The van der Waals surface area contributed by atoms with Crippen LogP contribution in [0.25, 0.3) is 11.2 Å². The number of hydrogen-bond donors (Lipinski definition) is 2. The van der Waals surface area contributed by atoms with Crippen molar-refractivity contribution < 1.29 is 9.64 Å². The van der Waals surface area contributed by atoms with E-state index in [1.54, 1.807) is 7.05 Å². The lowest BCUT2D eigenvalue weighted by Crippen LogP contribution is -3.12. The van der Waals surface area contributed by atoms with Crippen LogP contribution in [0.4, 0.5) is 5.95 Å². The number of fused-ring (bicyclic) bond motifs is 1. The quantitative estimate of drug-likeness (QED) is 0.578. The summed E-state index contributed by atoms with van der Waals surface area (Å²) in [6, 6.07) is 9.56. The number of rotatable bonds is 5. The van der Waals surface area contributed by atoms with E-state index >= 15 is 0 Å². The van der Waals surface area contributed by atoms with Gasteiger partial charge in [0.1, 0.15) is 12.4 Å². The minimum Gasteiger partial charge on any atom is -0.492 e. The van der Waals surface area contributed by atoms with Crippen molar-refractivity contribution in [2.45, 2.75) is 6.54 Å². The van der Waals surface area contributed by atoms with Crippen LogP contribution in [0, 0.1) is 0 Å². The number of piperazine rings is 1. The number of aromatic nitrogens is 4. The normalized spacial score (nSPS) is 15.3. The fraction of sp³-hybridized carbons (Fsp3) is 0.421. The van der Waals surface area contributed by atoms with E-state index in [-0.39, 0.29) is 0 Å². The molecular weight excluding hydrogens is 360 g/mol. The fourth-order valence-corrected chi connectivity index (χ4v) is 3.54. The molecule has 0 atom stereocenters. The van der Waals surface area contributed by atoms with Gasteiger partial charge < -0.3 is 19.1 Å². The van der Waals surface area contributed by atoms with Gasteiger partial charge in [0.25, 0.3) is 5.56 Å². The Hall–Kier alpha value is -3.07. The molecule has 1 aliphatic rings. The molecule has 0 aliphatic carbocycles. The van der Waals surface area contributed by atoms with Gasteiger partial charge in [0, 0.05) is 7.05 Å². The monoisotopic (exact) mass is 385 g/mol. The molecule has 4 rings (SSSR count). The maximum atomic E-state index is 12.6. The van der Waals surface area contributed by atoms with E-state index in [0.29, 0.717) is 30.3 Å². The predicted octanol–water partition coefficient (Wildman–Crippen LogP) is -1.16. The highest BCUT2D eigenvalue weighted by molar-refractivity contribution is 5.74. The summed E-state index contributed by atoms with van der Waals surface area (Å²) in [6.07, 6.45) is 0. The van der Waals surface area contributed by atoms with Crippen LogP contribution in [-0.2, 0) is 13.6 Å². The van der Waals surface area contributed by atoms with Gasteiger partial charge in [-0.2, -0.15) is 4.98 Å². The zero-order chi connectivity index (χ0) is 19.7. The number of aryl methyl sites for hydroxylation is 1. The molecule has 0 radical (unpaired) electrons. The average molecular weight is 385 g/mol. The summed E-state index contributed by atoms with van der Waals surface area (Å²) in [7, 11) is 3.79. The van der Waals surface area contributed by atoms with Crippen molar-refractivity contribution in [3.05, 3.63) is 51.2 Å². The highest BCUT2D eigenvalue weighted by atomic mass is 16.5. The second-order valence-corrected chi connectivity index (χ2v) is 7.16. The van der Waals surface area contributed by atoms with E-state index in [9.17, 15) is 9.59 Å². The van der Waals surface area contributed by atoms with Gasteiger partial charge in [0.15, 0.2) is 11.2 Å². The van der Waals surface area contributed by atoms with Crippen LogP contribution in [0.2, 0.25) is 0 Å². The number of aromatic amines is 1. The average Bonchev–Trinajstić information content (AvgIpc) is 3.08. The summed E-state index contributed by atoms with van der Waals surface area (Å²) in [6.45, 7) is 4.55. The van der Waals surface area contributed by atoms with Crippen LogP contribution in [0.15, 0.2) is 39.9 Å². The van der Waals surface area contributed by atoms with Crippen LogP contribution in [0.3, 0.4) is 0 Å². The van der Waals surface area contributed by atoms with Gasteiger partial charge in [0.2, 0.25) is 5.95 Å². The predicted molar refractivity (Wildman–Crippen MR) is 106 cm³/mol. The number of ether oxygens (including phenoxy) is 1. The molecule has 1 aromatic carbocycles. The number of benzene rings is 1. The largest absolute Gasteiger partial charge is 0.492 e. The molecule has 148 valence electrons. The van der Waals surface area contributed by atoms with Crippen LogP contribution < -0.4 is 25.8 Å². The highest BCUT2D eigenvalue weighted by Gasteiger charge is 2.25. The van der Waals surface area contributed by atoms with Gasteiger partial charge in [-0.1, -0.05) is 18.2 Å². The number of quaternary nitrogens is 1. The summed E-state index contributed by atoms with van der Waals surface area (Å²) in [5.41, 5.74) is -0.0804.